The predicted octanol–water partition coefficient (Wildman–Crippen LogP) is 3.19. The molecule has 10 heteroatoms. The van der Waals surface area contributed by atoms with Gasteiger partial charge in [0.1, 0.15) is 5.75 Å². The van der Waals surface area contributed by atoms with Crippen LogP contribution in [0.1, 0.15) is 12.5 Å². The molecule has 0 amide bonds. The van der Waals surface area contributed by atoms with E-state index in [1.165, 1.54) is 18.3 Å². The van der Waals surface area contributed by atoms with Gasteiger partial charge in [-0.3, -0.25) is 9.71 Å². The van der Waals surface area contributed by atoms with Crippen LogP contribution in [0.15, 0.2) is 58.4 Å². The van der Waals surface area contributed by atoms with Gasteiger partial charge in [0.05, 0.1) is 17.2 Å². The summed E-state index contributed by atoms with van der Waals surface area (Å²) in [5.74, 6) is 0.119. The molecule has 0 aliphatic heterocycles. The molecule has 1 heterocycles. The zero-order chi connectivity index (χ0) is 19.3. The standard InChI is InChI=1S/C17H16N4O4S2/c1-2-25-17-20-19-16(26-17)21-27(23,24)14-9-7-13(8-10-14)18-11-12-5-3-4-6-15(12)22/h3-11,22H,2H2,1H3,(H,19,21). The first-order valence-electron chi connectivity index (χ1n) is 7.89. The second-order valence-electron chi connectivity index (χ2n) is 5.22. The van der Waals surface area contributed by atoms with Crippen molar-refractivity contribution in [2.24, 2.45) is 4.99 Å². The molecule has 3 aromatic rings. The fourth-order valence-corrected chi connectivity index (χ4v) is 3.94. The summed E-state index contributed by atoms with van der Waals surface area (Å²) in [5, 5.41) is 17.6. The van der Waals surface area contributed by atoms with Crippen molar-refractivity contribution in [3.05, 3.63) is 54.1 Å². The van der Waals surface area contributed by atoms with Crippen LogP contribution in [-0.4, -0.2) is 36.5 Å². The summed E-state index contributed by atoms with van der Waals surface area (Å²) >= 11 is 1.01. The molecule has 8 nitrogen and oxygen atoms in total. The highest BCUT2D eigenvalue weighted by molar-refractivity contribution is 7.93. The van der Waals surface area contributed by atoms with Crippen molar-refractivity contribution in [2.45, 2.75) is 11.8 Å². The predicted molar refractivity (Wildman–Crippen MR) is 104 cm³/mol. The number of nitrogens with one attached hydrogen (secondary N) is 1. The van der Waals surface area contributed by atoms with Crippen LogP contribution in [0.25, 0.3) is 0 Å². The van der Waals surface area contributed by atoms with Gasteiger partial charge in [-0.2, -0.15) is 0 Å². The van der Waals surface area contributed by atoms with Crippen LogP contribution in [0.3, 0.4) is 0 Å². The summed E-state index contributed by atoms with van der Waals surface area (Å²) < 4.78 is 32.4. The lowest BCUT2D eigenvalue weighted by atomic mass is 10.2. The van der Waals surface area contributed by atoms with Gasteiger partial charge < -0.3 is 9.84 Å². The Morgan fingerprint density at radius 2 is 1.93 bits per heavy atom. The van der Waals surface area contributed by atoms with E-state index < -0.39 is 10.0 Å². The van der Waals surface area contributed by atoms with Crippen LogP contribution < -0.4 is 9.46 Å². The lowest BCUT2D eigenvalue weighted by Gasteiger charge is -2.04. The van der Waals surface area contributed by atoms with Gasteiger partial charge in [-0.05, 0) is 54.7 Å². The van der Waals surface area contributed by atoms with Gasteiger partial charge in [-0.1, -0.05) is 17.2 Å². The maximum absolute atomic E-state index is 12.4. The Kier molecular flexibility index (Phi) is 5.67. The van der Waals surface area contributed by atoms with Crippen molar-refractivity contribution in [3.63, 3.8) is 0 Å². The van der Waals surface area contributed by atoms with Crippen molar-refractivity contribution in [3.8, 4) is 10.9 Å². The number of aromatic hydroxyl groups is 1. The monoisotopic (exact) mass is 404 g/mol. The number of phenols is 1. The molecule has 2 N–H and O–H groups in total. The molecule has 0 spiro atoms. The summed E-state index contributed by atoms with van der Waals surface area (Å²) in [7, 11) is -3.80. The highest BCUT2D eigenvalue weighted by Crippen LogP contribution is 2.25. The Hall–Kier alpha value is -2.98. The molecule has 3 rings (SSSR count). The molecule has 0 saturated heterocycles. The summed E-state index contributed by atoms with van der Waals surface area (Å²) in [6.07, 6.45) is 1.51. The molecular formula is C17H16N4O4S2. The molecule has 140 valence electrons. The van der Waals surface area contributed by atoms with E-state index in [1.54, 1.807) is 43.3 Å². The van der Waals surface area contributed by atoms with E-state index >= 15 is 0 Å². The van der Waals surface area contributed by atoms with Crippen LogP contribution in [0.5, 0.6) is 10.9 Å². The molecule has 1 aromatic heterocycles. The minimum atomic E-state index is -3.80. The number of aromatic nitrogens is 2. The Morgan fingerprint density at radius 3 is 2.63 bits per heavy atom. The Balaban J connectivity index is 1.72. The highest BCUT2D eigenvalue weighted by Gasteiger charge is 2.17. The Bertz CT molecular complexity index is 1050. The molecule has 0 atom stereocenters. The number of ether oxygens (including phenoxy) is 1. The largest absolute Gasteiger partial charge is 0.507 e. The van der Waals surface area contributed by atoms with E-state index in [0.29, 0.717) is 23.1 Å². The van der Waals surface area contributed by atoms with E-state index in [-0.39, 0.29) is 15.8 Å². The van der Waals surface area contributed by atoms with E-state index in [9.17, 15) is 13.5 Å². The first kappa shape index (κ1) is 18.8. The van der Waals surface area contributed by atoms with Crippen molar-refractivity contribution in [2.75, 3.05) is 11.3 Å². The number of para-hydroxylation sites is 1. The lowest BCUT2D eigenvalue weighted by Crippen LogP contribution is -2.12. The van der Waals surface area contributed by atoms with E-state index in [4.69, 9.17) is 4.74 Å². The minimum absolute atomic E-state index is 0.0668. The highest BCUT2D eigenvalue weighted by atomic mass is 32.2. The second kappa shape index (κ2) is 8.14. The summed E-state index contributed by atoms with van der Waals surface area (Å²) in [4.78, 5) is 4.30. The second-order valence-corrected chi connectivity index (χ2v) is 7.85. The summed E-state index contributed by atoms with van der Waals surface area (Å²) in [6, 6.07) is 12.8. The zero-order valence-electron chi connectivity index (χ0n) is 14.2. The summed E-state index contributed by atoms with van der Waals surface area (Å²) in [5.41, 5.74) is 1.11. The quantitative estimate of drug-likeness (QED) is 0.585. The molecule has 2 aromatic carbocycles. The first-order valence-corrected chi connectivity index (χ1v) is 10.2. The zero-order valence-corrected chi connectivity index (χ0v) is 15.9. The van der Waals surface area contributed by atoms with Crippen molar-refractivity contribution in [1.29, 1.82) is 0 Å². The number of benzene rings is 2. The van der Waals surface area contributed by atoms with E-state index in [0.717, 1.165) is 11.3 Å². The SMILES string of the molecule is CCOc1nnc(NS(=O)(=O)c2ccc(N=Cc3ccccc3O)cc2)s1. The topological polar surface area (TPSA) is 114 Å². The summed E-state index contributed by atoms with van der Waals surface area (Å²) in [6.45, 7) is 2.22. The Morgan fingerprint density at radius 1 is 1.19 bits per heavy atom. The lowest BCUT2D eigenvalue weighted by molar-refractivity contribution is 0.335. The molecule has 0 aliphatic carbocycles. The number of phenolic OH excluding ortho intramolecular Hbond substituents is 1. The van der Waals surface area contributed by atoms with Gasteiger partial charge in [-0.15, -0.1) is 5.10 Å². The molecular weight excluding hydrogens is 388 g/mol. The number of rotatable bonds is 7. The van der Waals surface area contributed by atoms with Crippen LogP contribution in [0, 0.1) is 0 Å². The van der Waals surface area contributed by atoms with Gasteiger partial charge >= 0.3 is 0 Å². The third-order valence-corrected chi connectivity index (χ3v) is 5.57. The average Bonchev–Trinajstić information content (AvgIpc) is 3.08. The third-order valence-electron chi connectivity index (χ3n) is 3.33. The number of hydrogen-bond acceptors (Lipinski definition) is 8. The molecule has 0 aliphatic rings. The molecule has 0 radical (unpaired) electrons. The number of sulfonamides is 1. The number of hydrogen-bond donors (Lipinski definition) is 2. The van der Waals surface area contributed by atoms with Crippen LogP contribution >= 0.6 is 11.3 Å². The maximum Gasteiger partial charge on any atom is 0.295 e. The van der Waals surface area contributed by atoms with Gasteiger partial charge in [0.15, 0.2) is 0 Å². The fourth-order valence-electron chi connectivity index (χ4n) is 2.06. The number of anilines is 1. The van der Waals surface area contributed by atoms with E-state index in [2.05, 4.69) is 19.9 Å². The third kappa shape index (κ3) is 4.80. The molecule has 0 saturated carbocycles. The van der Waals surface area contributed by atoms with Crippen LogP contribution in [0.4, 0.5) is 10.8 Å². The van der Waals surface area contributed by atoms with Gasteiger partial charge in [0, 0.05) is 11.8 Å². The minimum Gasteiger partial charge on any atom is -0.507 e. The van der Waals surface area contributed by atoms with E-state index in [1.807, 2.05) is 0 Å². The fraction of sp³-hybridized carbons (Fsp3) is 0.118. The number of nitrogens with zero attached hydrogens (tertiary/aromatic N) is 3. The molecule has 0 fully saturated rings. The van der Waals surface area contributed by atoms with Crippen LogP contribution in [0.2, 0.25) is 0 Å². The molecule has 0 unspecified atom stereocenters. The molecule has 27 heavy (non-hydrogen) atoms. The number of aliphatic imine (C=N–C) groups is 1. The maximum atomic E-state index is 12.4. The van der Waals surface area contributed by atoms with Crippen molar-refractivity contribution in [1.82, 2.24) is 10.2 Å². The van der Waals surface area contributed by atoms with Gasteiger partial charge in [-0.25, -0.2) is 8.42 Å². The van der Waals surface area contributed by atoms with Gasteiger partial charge in [0.25, 0.3) is 15.2 Å². The van der Waals surface area contributed by atoms with Crippen molar-refractivity contribution >= 4 is 38.4 Å². The van der Waals surface area contributed by atoms with Crippen molar-refractivity contribution < 1.29 is 18.3 Å². The van der Waals surface area contributed by atoms with Crippen LogP contribution in [-0.2, 0) is 10.0 Å². The average molecular weight is 404 g/mol. The van der Waals surface area contributed by atoms with Gasteiger partial charge in [0.2, 0.25) is 5.13 Å². The normalized spacial score (nSPS) is 11.6. The first-order chi connectivity index (χ1) is 13.0. The molecule has 0 bridgehead atoms. The Labute approximate surface area is 160 Å². The smallest absolute Gasteiger partial charge is 0.295 e.